The van der Waals surface area contributed by atoms with Gasteiger partial charge < -0.3 is 38.0 Å². The summed E-state index contributed by atoms with van der Waals surface area (Å²) in [6.07, 6.45) is 7.71. The van der Waals surface area contributed by atoms with E-state index >= 15 is 0 Å². The minimum absolute atomic E-state index is 0.00740. The molecule has 100 heavy (non-hydrogen) atoms. The molecule has 0 spiro atoms. The molecule has 0 radical (unpaired) electrons. The predicted octanol–water partition coefficient (Wildman–Crippen LogP) is 17.1. The maximum absolute atomic E-state index is 14.4. The van der Waals surface area contributed by atoms with Gasteiger partial charge in [0.1, 0.15) is 5.75 Å². The Morgan fingerprint density at radius 1 is 0.380 bits per heavy atom. The minimum atomic E-state index is -0.616. The Morgan fingerprint density at radius 2 is 0.770 bits per heavy atom. The number of ketones is 2. The normalized spacial score (nSPS) is 12.1. The van der Waals surface area contributed by atoms with Gasteiger partial charge in [0.2, 0.25) is 0 Å². The molecule has 0 aliphatic heterocycles. The van der Waals surface area contributed by atoms with Gasteiger partial charge in [-0.2, -0.15) is 0 Å². The van der Waals surface area contributed by atoms with Crippen LogP contribution in [-0.4, -0.2) is 92.4 Å². The van der Waals surface area contributed by atoms with Gasteiger partial charge in [0, 0.05) is 105 Å². The largest absolute Gasteiger partial charge is 0.494 e. The van der Waals surface area contributed by atoms with E-state index in [1.165, 1.54) is 27.7 Å². The smallest absolute Gasteiger partial charge is 0.331 e. The number of benzene rings is 8. The Kier molecular flexibility index (Phi) is 24.3. The van der Waals surface area contributed by atoms with Crippen LogP contribution in [0.1, 0.15) is 174 Å². The van der Waals surface area contributed by atoms with E-state index in [4.69, 9.17) is 28.8 Å². The number of oxime groups is 4. The number of rotatable bonds is 31. The molecule has 0 fully saturated rings. The van der Waals surface area contributed by atoms with Crippen molar-refractivity contribution in [1.29, 1.82) is 0 Å². The monoisotopic (exact) mass is 1360 g/mol. The number of thioether (sulfide) groups is 1. The van der Waals surface area contributed by atoms with Gasteiger partial charge in [-0.05, 0) is 197 Å². The second-order valence-corrected chi connectivity index (χ2v) is 25.2. The number of unbranched alkanes of at least 4 members (excludes halogenated alkanes) is 5. The van der Waals surface area contributed by atoms with Crippen LogP contribution in [0.25, 0.3) is 55.0 Å². The molecule has 2 aromatic heterocycles. The molecule has 0 saturated heterocycles. The number of hydrogen-bond donors (Lipinski definition) is 0. The van der Waals surface area contributed by atoms with Gasteiger partial charge >= 0.3 is 29.8 Å². The fraction of sp³-hybridized carbons (Fsp3) is 0.263. The van der Waals surface area contributed by atoms with Crippen LogP contribution in [0, 0.1) is 0 Å². The van der Waals surface area contributed by atoms with Crippen molar-refractivity contribution in [1.82, 2.24) is 9.13 Å². The lowest BCUT2D eigenvalue weighted by molar-refractivity contribution is -0.143. The van der Waals surface area contributed by atoms with Gasteiger partial charge in [0.15, 0.2) is 11.6 Å². The molecule has 19 nitrogen and oxygen atoms in total. The van der Waals surface area contributed by atoms with Gasteiger partial charge in [0.25, 0.3) is 0 Å². The van der Waals surface area contributed by atoms with Crippen molar-refractivity contribution in [3.05, 3.63) is 214 Å². The Balaban J connectivity index is 0.800. The molecule has 0 bridgehead atoms. The summed E-state index contributed by atoms with van der Waals surface area (Å²) in [5, 5.41) is 19.7. The van der Waals surface area contributed by atoms with Crippen molar-refractivity contribution < 1.29 is 62.4 Å². The first-order chi connectivity index (χ1) is 48.4. The molecule has 8 aromatic carbocycles. The maximum atomic E-state index is 14.4. The zero-order valence-electron chi connectivity index (χ0n) is 57.3. The van der Waals surface area contributed by atoms with Crippen LogP contribution in [0.2, 0.25) is 0 Å². The van der Waals surface area contributed by atoms with Crippen LogP contribution in [0.5, 0.6) is 5.75 Å². The Bertz CT molecular complexity index is 4830. The molecule has 512 valence electrons. The van der Waals surface area contributed by atoms with E-state index < -0.39 is 29.8 Å². The molecule has 0 atom stereocenters. The third kappa shape index (κ3) is 18.0. The van der Waals surface area contributed by atoms with E-state index in [0.29, 0.717) is 69.4 Å². The summed E-state index contributed by atoms with van der Waals surface area (Å²) in [5.74, 6) is -1.42. The predicted molar refractivity (Wildman–Crippen MR) is 391 cm³/mol. The molecule has 20 heteroatoms. The third-order valence-corrected chi connectivity index (χ3v) is 17.8. The van der Waals surface area contributed by atoms with Crippen LogP contribution < -0.4 is 4.74 Å². The molecule has 2 heterocycles. The standard InChI is InChI=1S/C80H78N6O13S/c1-9-11-12-13-14-17-72(83-98-54(7)89)60-26-39-74-68(46-60)70-49-63(29-42-76(70)85(74)64-30-18-56(19-31-64)50(3)81-96-52(5)87)80(93)59-24-36-67(37-25-59)100-45-16-15-44-95-66-34-22-58(23-35-66)79(92)62-28-41-77-71(48-62)69-47-61(73(84-99-55(8)90)38-43-78(91)94-10-2)27-40-75(69)86(77)65-32-20-57(21-33-65)51(4)82-97-53(6)88/h18-37,39-42,46-49H,9-17,38,43-45H2,1-8H3/b81-50+,82-51+,83-72?,84-73?. The molecular formula is C80H78N6O13S. The molecule has 0 aliphatic carbocycles. The van der Waals surface area contributed by atoms with Gasteiger partial charge in [-0.1, -0.05) is 89.6 Å². The highest BCUT2D eigenvalue weighted by Gasteiger charge is 2.22. The fourth-order valence-electron chi connectivity index (χ4n) is 11.7. The quantitative estimate of drug-likeness (QED) is 0.00748. The SMILES string of the molecule is CCCCCCCC(=NOC(C)=O)c1ccc2c(c1)c1cc(C(=O)c3ccc(SCCCCOc4ccc(C(=O)c5ccc6c(c5)c5cc(C(CCC(=O)OCC)=NOC(C)=O)ccc5n6-c5ccc(/C(C)=N/OC(C)=O)cc5)cc4)cc3)ccc1n2-c1ccc(/C(C)=N/OC(C)=O)cc1. The molecule has 10 aromatic rings. The van der Waals surface area contributed by atoms with Crippen molar-refractivity contribution in [2.24, 2.45) is 20.6 Å². The van der Waals surface area contributed by atoms with Gasteiger partial charge in [0.05, 0.1) is 64.5 Å². The van der Waals surface area contributed by atoms with Gasteiger partial charge in [-0.15, -0.1) is 11.8 Å². The molecule has 0 amide bonds. The van der Waals surface area contributed by atoms with Crippen molar-refractivity contribution in [3.63, 3.8) is 0 Å². The molecule has 0 saturated carbocycles. The molecule has 0 unspecified atom stereocenters. The van der Waals surface area contributed by atoms with E-state index in [0.717, 1.165) is 127 Å². The highest BCUT2D eigenvalue weighted by atomic mass is 32.2. The first-order valence-electron chi connectivity index (χ1n) is 33.4. The lowest BCUT2D eigenvalue weighted by Gasteiger charge is -2.10. The van der Waals surface area contributed by atoms with E-state index in [-0.39, 0.29) is 31.0 Å². The number of carbonyl (C=O) groups excluding carboxylic acids is 7. The third-order valence-electron chi connectivity index (χ3n) is 16.7. The minimum Gasteiger partial charge on any atom is -0.494 e. The number of ether oxygens (including phenoxy) is 2. The van der Waals surface area contributed by atoms with Crippen LogP contribution >= 0.6 is 11.8 Å². The van der Waals surface area contributed by atoms with E-state index in [2.05, 4.69) is 42.7 Å². The average Bonchev–Trinajstić information content (AvgIpc) is 1.59. The summed E-state index contributed by atoms with van der Waals surface area (Å²) in [4.78, 5) is 109. The summed E-state index contributed by atoms with van der Waals surface area (Å²) < 4.78 is 15.5. The summed E-state index contributed by atoms with van der Waals surface area (Å²) in [6.45, 7) is 13.3. The Morgan fingerprint density at radius 3 is 1.21 bits per heavy atom. The van der Waals surface area contributed by atoms with Crippen LogP contribution in [0.3, 0.4) is 0 Å². The number of carbonyl (C=O) groups is 7. The van der Waals surface area contributed by atoms with Gasteiger partial charge in [-0.3, -0.25) is 14.4 Å². The number of nitrogens with zero attached hydrogens (tertiary/aromatic N) is 6. The van der Waals surface area contributed by atoms with Crippen molar-refractivity contribution >= 4 is 120 Å². The molecule has 10 rings (SSSR count). The second-order valence-electron chi connectivity index (χ2n) is 24.0. The Labute approximate surface area is 583 Å². The highest BCUT2D eigenvalue weighted by molar-refractivity contribution is 7.99. The summed E-state index contributed by atoms with van der Waals surface area (Å²) >= 11 is 1.70. The summed E-state index contributed by atoms with van der Waals surface area (Å²) in [6, 6.07) is 53.3. The lowest BCUT2D eigenvalue weighted by Crippen LogP contribution is -2.10. The average molecular weight is 1360 g/mol. The van der Waals surface area contributed by atoms with Crippen LogP contribution in [0.15, 0.2) is 195 Å². The van der Waals surface area contributed by atoms with Crippen LogP contribution in [-0.2, 0) is 48.1 Å². The highest BCUT2D eigenvalue weighted by Crippen LogP contribution is 2.37. The fourth-order valence-corrected chi connectivity index (χ4v) is 12.6. The second kappa shape index (κ2) is 33.9. The molecule has 0 aliphatic rings. The van der Waals surface area contributed by atoms with Crippen molar-refractivity contribution in [2.45, 2.75) is 124 Å². The number of hydrogen-bond acceptors (Lipinski definition) is 18. The summed E-state index contributed by atoms with van der Waals surface area (Å²) in [5.41, 5.74) is 12.1. The van der Waals surface area contributed by atoms with Crippen molar-refractivity contribution in [3.8, 4) is 17.1 Å². The van der Waals surface area contributed by atoms with E-state index in [1.807, 2.05) is 133 Å². The molecular weight excluding hydrogens is 1280 g/mol. The van der Waals surface area contributed by atoms with Crippen molar-refractivity contribution in [2.75, 3.05) is 19.0 Å². The van der Waals surface area contributed by atoms with Crippen LogP contribution in [0.4, 0.5) is 0 Å². The number of aromatic nitrogens is 2. The summed E-state index contributed by atoms with van der Waals surface area (Å²) in [7, 11) is 0. The lowest BCUT2D eigenvalue weighted by atomic mass is 9.99. The zero-order chi connectivity index (χ0) is 70.8. The first-order valence-corrected chi connectivity index (χ1v) is 34.4. The first kappa shape index (κ1) is 71.6. The van der Waals surface area contributed by atoms with E-state index in [9.17, 15) is 33.6 Å². The molecule has 0 N–H and O–H groups in total. The number of fused-ring (bicyclic) bond motifs is 6. The number of esters is 1. The zero-order valence-corrected chi connectivity index (χ0v) is 58.1. The topological polar surface area (TPSA) is 234 Å². The maximum Gasteiger partial charge on any atom is 0.331 e. The van der Waals surface area contributed by atoms with Gasteiger partial charge in [-0.25, -0.2) is 19.2 Å². The Hall–Kier alpha value is -11.1. The van der Waals surface area contributed by atoms with E-state index in [1.54, 1.807) is 62.9 Å².